The van der Waals surface area contributed by atoms with Crippen molar-refractivity contribution in [3.8, 4) is 0 Å². The van der Waals surface area contributed by atoms with Crippen LogP contribution in [0.3, 0.4) is 0 Å². The summed E-state index contributed by atoms with van der Waals surface area (Å²) in [6, 6.07) is -0.147. The second-order valence-electron chi connectivity index (χ2n) is 12.0. The fourth-order valence-corrected chi connectivity index (χ4v) is 3.44. The Hall–Kier alpha value is -2.07. The fraction of sp³-hybridized carbons (Fsp3) is 0.880. The van der Waals surface area contributed by atoms with Gasteiger partial charge >= 0.3 is 18.2 Å². The van der Waals surface area contributed by atoms with Gasteiger partial charge in [-0.15, -0.1) is 0 Å². The zero-order valence-electron chi connectivity index (χ0n) is 23.5. The molecule has 0 aromatic rings. The Kier molecular flexibility index (Phi) is 11.3. The van der Waals surface area contributed by atoms with Gasteiger partial charge in [-0.25, -0.2) is 9.59 Å². The van der Waals surface area contributed by atoms with E-state index in [0.29, 0.717) is 39.3 Å². The summed E-state index contributed by atoms with van der Waals surface area (Å²) < 4.78 is 16.7. The van der Waals surface area contributed by atoms with E-state index in [1.165, 1.54) is 0 Å². The summed E-state index contributed by atoms with van der Waals surface area (Å²) in [7, 11) is 0. The van der Waals surface area contributed by atoms with Crippen LogP contribution in [0.15, 0.2) is 0 Å². The molecule has 1 saturated heterocycles. The second kappa shape index (κ2) is 12.8. The van der Waals surface area contributed by atoms with E-state index in [2.05, 4.69) is 5.32 Å². The molecule has 0 aromatic heterocycles. The van der Waals surface area contributed by atoms with Gasteiger partial charge in [0.25, 0.3) is 0 Å². The van der Waals surface area contributed by atoms with Gasteiger partial charge in [0, 0.05) is 51.9 Å². The molecule has 35 heavy (non-hydrogen) atoms. The molecule has 0 bridgehead atoms. The number of esters is 1. The van der Waals surface area contributed by atoms with Gasteiger partial charge in [0.15, 0.2) is 0 Å². The van der Waals surface area contributed by atoms with E-state index in [0.717, 1.165) is 0 Å². The van der Waals surface area contributed by atoms with E-state index in [1.54, 1.807) is 9.80 Å². The Bertz CT molecular complexity index is 708. The van der Waals surface area contributed by atoms with E-state index in [-0.39, 0.29) is 25.1 Å². The Morgan fingerprint density at radius 3 is 1.69 bits per heavy atom. The van der Waals surface area contributed by atoms with Crippen LogP contribution in [0.1, 0.15) is 69.2 Å². The molecule has 10 heteroatoms. The van der Waals surface area contributed by atoms with Gasteiger partial charge in [0.05, 0.1) is 6.54 Å². The topological polar surface area (TPSA) is 101 Å². The molecule has 1 aliphatic rings. The first kappa shape index (κ1) is 31.0. The van der Waals surface area contributed by atoms with Crippen molar-refractivity contribution in [1.82, 2.24) is 20.0 Å². The fourth-order valence-electron chi connectivity index (χ4n) is 3.44. The largest absolute Gasteiger partial charge is 0.459 e. The van der Waals surface area contributed by atoms with Crippen LogP contribution < -0.4 is 5.32 Å². The maximum Gasteiger partial charge on any atom is 0.410 e. The molecule has 0 radical (unpaired) electrons. The Morgan fingerprint density at radius 1 is 0.714 bits per heavy atom. The van der Waals surface area contributed by atoms with Gasteiger partial charge in [-0.3, -0.25) is 9.69 Å². The molecular formula is C25H48N4O6. The molecule has 0 saturated carbocycles. The summed E-state index contributed by atoms with van der Waals surface area (Å²) in [6.07, 6.45) is -0.874. The highest BCUT2D eigenvalue weighted by Gasteiger charge is 2.29. The quantitative estimate of drug-likeness (QED) is 0.456. The van der Waals surface area contributed by atoms with Crippen LogP contribution in [-0.2, 0) is 19.0 Å². The predicted molar refractivity (Wildman–Crippen MR) is 135 cm³/mol. The molecule has 1 rings (SSSR count). The van der Waals surface area contributed by atoms with Gasteiger partial charge < -0.3 is 29.3 Å². The number of carbonyl (C=O) groups excluding carboxylic acids is 3. The Labute approximate surface area is 211 Å². The first-order valence-corrected chi connectivity index (χ1v) is 12.5. The van der Waals surface area contributed by atoms with E-state index < -0.39 is 29.0 Å². The van der Waals surface area contributed by atoms with Crippen LogP contribution >= 0.6 is 0 Å². The van der Waals surface area contributed by atoms with Crippen molar-refractivity contribution in [2.75, 3.05) is 52.4 Å². The Balaban J connectivity index is 3.07. The van der Waals surface area contributed by atoms with Gasteiger partial charge in [-0.2, -0.15) is 0 Å². The minimum atomic E-state index is -0.658. The molecule has 10 nitrogen and oxygen atoms in total. The molecule has 0 aliphatic carbocycles. The lowest BCUT2D eigenvalue weighted by Gasteiger charge is -2.36. The van der Waals surface area contributed by atoms with E-state index in [4.69, 9.17) is 14.2 Å². The summed E-state index contributed by atoms with van der Waals surface area (Å²) in [5.74, 6) is -0.309. The average Bonchev–Trinajstić information content (AvgIpc) is 2.62. The van der Waals surface area contributed by atoms with Crippen LogP contribution in [-0.4, -0.2) is 108 Å². The minimum absolute atomic E-state index is 0.117. The molecule has 1 unspecified atom stereocenters. The third kappa shape index (κ3) is 13.6. The SMILES string of the molecule is CC1CN(C(=O)OC(C)(C)C)CCN(C(=O)OC(C)(C)C)CCNCCN1CC(=O)OC(C)(C)C. The molecule has 1 N–H and O–H groups in total. The Morgan fingerprint density at radius 2 is 1.17 bits per heavy atom. The number of nitrogens with zero attached hydrogens (tertiary/aromatic N) is 3. The van der Waals surface area contributed by atoms with Crippen LogP contribution in [0.5, 0.6) is 0 Å². The van der Waals surface area contributed by atoms with Gasteiger partial charge in [-0.1, -0.05) is 0 Å². The van der Waals surface area contributed by atoms with Crippen molar-refractivity contribution in [2.24, 2.45) is 0 Å². The monoisotopic (exact) mass is 500 g/mol. The van der Waals surface area contributed by atoms with Crippen molar-refractivity contribution >= 4 is 18.2 Å². The van der Waals surface area contributed by atoms with Crippen molar-refractivity contribution < 1.29 is 28.6 Å². The summed E-state index contributed by atoms with van der Waals surface area (Å²) in [6.45, 7) is 21.6. The molecule has 1 aliphatic heterocycles. The zero-order chi connectivity index (χ0) is 27.0. The lowest BCUT2D eigenvalue weighted by atomic mass is 10.2. The van der Waals surface area contributed by atoms with Crippen molar-refractivity contribution in [2.45, 2.75) is 92.1 Å². The van der Waals surface area contributed by atoms with Crippen molar-refractivity contribution in [3.05, 3.63) is 0 Å². The van der Waals surface area contributed by atoms with Crippen molar-refractivity contribution in [3.63, 3.8) is 0 Å². The molecule has 0 aromatic carbocycles. The molecule has 1 heterocycles. The molecule has 0 spiro atoms. The lowest BCUT2D eigenvalue weighted by Crippen LogP contribution is -2.53. The highest BCUT2D eigenvalue weighted by atomic mass is 16.6. The first-order valence-electron chi connectivity index (χ1n) is 12.5. The van der Waals surface area contributed by atoms with E-state index >= 15 is 0 Å². The number of hydrogen-bond acceptors (Lipinski definition) is 8. The molecule has 1 atom stereocenters. The van der Waals surface area contributed by atoms with Gasteiger partial charge in [-0.05, 0) is 69.2 Å². The third-order valence-corrected chi connectivity index (χ3v) is 4.94. The maximum atomic E-state index is 13.0. The van der Waals surface area contributed by atoms with Crippen LogP contribution in [0.4, 0.5) is 9.59 Å². The predicted octanol–water partition coefficient (Wildman–Crippen LogP) is 3.10. The number of amides is 2. The number of nitrogens with one attached hydrogen (secondary N) is 1. The molecule has 1 fully saturated rings. The van der Waals surface area contributed by atoms with Crippen LogP contribution in [0, 0.1) is 0 Å². The number of ether oxygens (including phenoxy) is 3. The minimum Gasteiger partial charge on any atom is -0.459 e. The number of rotatable bonds is 2. The lowest BCUT2D eigenvalue weighted by molar-refractivity contribution is -0.156. The van der Waals surface area contributed by atoms with Gasteiger partial charge in [0.2, 0.25) is 0 Å². The molecule has 2 amide bonds. The molecular weight excluding hydrogens is 452 g/mol. The standard InChI is InChI=1S/C25H48N4O6/c1-19-17-29(22(32)35-25(8,9)10)16-15-27(21(31)34-24(5,6)7)13-11-26-12-14-28(19)18-20(30)33-23(2,3)4/h19,26H,11-18H2,1-10H3. The first-order chi connectivity index (χ1) is 15.9. The summed E-state index contributed by atoms with van der Waals surface area (Å²) in [4.78, 5) is 43.6. The maximum absolute atomic E-state index is 13.0. The average molecular weight is 501 g/mol. The van der Waals surface area contributed by atoms with E-state index in [1.807, 2.05) is 74.1 Å². The third-order valence-electron chi connectivity index (χ3n) is 4.94. The summed E-state index contributed by atoms with van der Waals surface area (Å²) in [5.41, 5.74) is -1.84. The van der Waals surface area contributed by atoms with Crippen molar-refractivity contribution in [1.29, 1.82) is 0 Å². The van der Waals surface area contributed by atoms with E-state index in [9.17, 15) is 14.4 Å². The highest BCUT2D eigenvalue weighted by molar-refractivity contribution is 5.72. The zero-order valence-corrected chi connectivity index (χ0v) is 23.5. The van der Waals surface area contributed by atoms with Crippen LogP contribution in [0.25, 0.3) is 0 Å². The van der Waals surface area contributed by atoms with Gasteiger partial charge in [0.1, 0.15) is 16.8 Å². The number of carbonyl (C=O) groups is 3. The van der Waals surface area contributed by atoms with Crippen LogP contribution in [0.2, 0.25) is 0 Å². The molecule has 204 valence electrons. The smallest absolute Gasteiger partial charge is 0.410 e. The second-order valence-corrected chi connectivity index (χ2v) is 12.0. The normalized spacial score (nSPS) is 19.9. The number of hydrogen-bond donors (Lipinski definition) is 1. The summed E-state index contributed by atoms with van der Waals surface area (Å²) >= 11 is 0. The highest BCUT2D eigenvalue weighted by Crippen LogP contribution is 2.14. The summed E-state index contributed by atoms with van der Waals surface area (Å²) in [5, 5.41) is 3.34.